The van der Waals surface area contributed by atoms with Gasteiger partial charge in [-0.25, -0.2) is 0 Å². The summed E-state index contributed by atoms with van der Waals surface area (Å²) in [5.74, 6) is 2.27. The van der Waals surface area contributed by atoms with Crippen LogP contribution in [-0.2, 0) is 14.3 Å². The number of ether oxygens (including phenoxy) is 3. The highest BCUT2D eigenvalue weighted by Gasteiger charge is 2.34. The van der Waals surface area contributed by atoms with Gasteiger partial charge in [0.05, 0.1) is 32.6 Å². The Morgan fingerprint density at radius 2 is 1.76 bits per heavy atom. The molecule has 3 fully saturated rings. The number of anilines is 1. The van der Waals surface area contributed by atoms with Crippen molar-refractivity contribution in [3.05, 3.63) is 30.3 Å². The second-order valence-corrected chi connectivity index (χ2v) is 10.2. The summed E-state index contributed by atoms with van der Waals surface area (Å²) < 4.78 is 16.5. The van der Waals surface area contributed by atoms with Gasteiger partial charge in [0.2, 0.25) is 11.8 Å². The summed E-state index contributed by atoms with van der Waals surface area (Å²) in [6, 6.07) is 9.55. The molecule has 0 spiro atoms. The Bertz CT molecular complexity index is 1110. The first kappa shape index (κ1) is 26.2. The number of piperazine rings is 1. The third kappa shape index (κ3) is 5.85. The van der Waals surface area contributed by atoms with Crippen molar-refractivity contribution >= 4 is 17.6 Å². The SMILES string of the molecule is COc1ccc(-c2ccc(N3CCN(C(=O)CN(C[C@@H]4CCCO4)C(=O)C4CCC4)CC3)nn2)cc1OC. The predicted octanol–water partition coefficient (Wildman–Crippen LogP) is 2.62. The molecule has 2 amide bonds. The van der Waals surface area contributed by atoms with E-state index in [-0.39, 0.29) is 30.4 Å². The largest absolute Gasteiger partial charge is 0.493 e. The summed E-state index contributed by atoms with van der Waals surface area (Å²) in [6.45, 7) is 3.89. The van der Waals surface area contributed by atoms with E-state index in [1.807, 2.05) is 35.2 Å². The molecule has 5 rings (SSSR count). The van der Waals surface area contributed by atoms with Crippen LogP contribution in [0, 0.1) is 5.92 Å². The molecular formula is C28H37N5O5. The quantitative estimate of drug-likeness (QED) is 0.495. The number of hydrogen-bond acceptors (Lipinski definition) is 8. The van der Waals surface area contributed by atoms with Crippen molar-refractivity contribution in [1.82, 2.24) is 20.0 Å². The van der Waals surface area contributed by atoms with E-state index in [9.17, 15) is 9.59 Å². The molecule has 1 aliphatic carbocycles. The van der Waals surface area contributed by atoms with Gasteiger partial charge in [0.15, 0.2) is 17.3 Å². The fraction of sp³-hybridized carbons (Fsp3) is 0.571. The molecule has 0 N–H and O–H groups in total. The Kier molecular flexibility index (Phi) is 8.26. The highest BCUT2D eigenvalue weighted by Crippen LogP contribution is 2.32. The van der Waals surface area contributed by atoms with Gasteiger partial charge in [-0.15, -0.1) is 10.2 Å². The van der Waals surface area contributed by atoms with Crippen LogP contribution in [0.2, 0.25) is 0 Å². The lowest BCUT2D eigenvalue weighted by Crippen LogP contribution is -2.53. The normalized spacial score (nSPS) is 19.7. The number of nitrogens with zero attached hydrogens (tertiary/aromatic N) is 5. The molecule has 1 aromatic heterocycles. The van der Waals surface area contributed by atoms with Crippen LogP contribution in [0.1, 0.15) is 32.1 Å². The Morgan fingerprint density at radius 3 is 2.37 bits per heavy atom. The Balaban J connectivity index is 1.16. The average Bonchev–Trinajstić information content (AvgIpc) is 3.44. The number of rotatable bonds is 9. The fourth-order valence-corrected chi connectivity index (χ4v) is 5.27. The lowest BCUT2D eigenvalue weighted by atomic mass is 9.84. The van der Waals surface area contributed by atoms with Crippen LogP contribution in [0.15, 0.2) is 30.3 Å². The van der Waals surface area contributed by atoms with Crippen molar-refractivity contribution in [2.24, 2.45) is 5.92 Å². The van der Waals surface area contributed by atoms with Crippen molar-refractivity contribution in [2.45, 2.75) is 38.2 Å². The number of benzene rings is 1. The number of carbonyl (C=O) groups is 2. The lowest BCUT2D eigenvalue weighted by molar-refractivity contribution is -0.146. The average molecular weight is 524 g/mol. The van der Waals surface area contributed by atoms with Crippen molar-refractivity contribution in [1.29, 1.82) is 0 Å². The van der Waals surface area contributed by atoms with Crippen molar-refractivity contribution < 1.29 is 23.8 Å². The van der Waals surface area contributed by atoms with E-state index in [1.54, 1.807) is 19.1 Å². The van der Waals surface area contributed by atoms with E-state index in [4.69, 9.17) is 14.2 Å². The minimum atomic E-state index is 0.00482. The maximum atomic E-state index is 13.2. The molecule has 2 saturated heterocycles. The number of amides is 2. The molecule has 0 radical (unpaired) electrons. The molecule has 1 saturated carbocycles. The van der Waals surface area contributed by atoms with Gasteiger partial charge in [-0.3, -0.25) is 9.59 Å². The molecular weight excluding hydrogens is 486 g/mol. The van der Waals surface area contributed by atoms with Crippen LogP contribution >= 0.6 is 0 Å². The van der Waals surface area contributed by atoms with E-state index in [0.717, 1.165) is 55.8 Å². The van der Waals surface area contributed by atoms with Gasteiger partial charge in [-0.05, 0) is 56.0 Å². The maximum Gasteiger partial charge on any atom is 0.242 e. The highest BCUT2D eigenvalue weighted by atomic mass is 16.5. The van der Waals surface area contributed by atoms with Gasteiger partial charge in [-0.1, -0.05) is 6.42 Å². The summed E-state index contributed by atoms with van der Waals surface area (Å²) >= 11 is 0. The Morgan fingerprint density at radius 1 is 0.974 bits per heavy atom. The van der Waals surface area contributed by atoms with Gasteiger partial charge >= 0.3 is 0 Å². The van der Waals surface area contributed by atoms with Gasteiger partial charge in [0.1, 0.15) is 0 Å². The van der Waals surface area contributed by atoms with Crippen LogP contribution < -0.4 is 14.4 Å². The summed E-state index contributed by atoms with van der Waals surface area (Å²) in [7, 11) is 3.21. The van der Waals surface area contributed by atoms with Crippen LogP contribution in [0.5, 0.6) is 11.5 Å². The molecule has 3 aliphatic rings. The van der Waals surface area contributed by atoms with Crippen molar-refractivity contribution in [2.75, 3.05) is 65.0 Å². The molecule has 3 heterocycles. The van der Waals surface area contributed by atoms with Crippen molar-refractivity contribution in [3.63, 3.8) is 0 Å². The summed E-state index contributed by atoms with van der Waals surface area (Å²) in [5.41, 5.74) is 1.63. The Labute approximate surface area is 223 Å². The van der Waals surface area contributed by atoms with Gasteiger partial charge in [0.25, 0.3) is 0 Å². The molecule has 10 nitrogen and oxygen atoms in total. The van der Waals surface area contributed by atoms with Crippen LogP contribution in [0.4, 0.5) is 5.82 Å². The Hall–Kier alpha value is -3.40. The standard InChI is InChI=1S/C28H37N5O5/c1-36-24-10-8-21(17-25(24)37-2)23-9-11-26(30-29-23)31-12-14-32(15-13-31)27(34)19-33(18-22-7-4-16-38-22)28(35)20-5-3-6-20/h8-11,17,20,22H,3-7,12-16,18-19H2,1-2H3/t22-/m0/s1. The zero-order valence-corrected chi connectivity index (χ0v) is 22.3. The van der Waals surface area contributed by atoms with E-state index < -0.39 is 0 Å². The molecule has 1 aromatic carbocycles. The minimum absolute atomic E-state index is 0.00482. The summed E-state index contributed by atoms with van der Waals surface area (Å²) in [4.78, 5) is 32.0. The maximum absolute atomic E-state index is 13.2. The lowest BCUT2D eigenvalue weighted by Gasteiger charge is -2.37. The molecule has 204 valence electrons. The monoisotopic (exact) mass is 523 g/mol. The summed E-state index contributed by atoms with van der Waals surface area (Å²) in [6.07, 6.45) is 4.97. The van der Waals surface area contributed by atoms with Gasteiger partial charge in [0, 0.05) is 50.8 Å². The van der Waals surface area contributed by atoms with E-state index >= 15 is 0 Å². The van der Waals surface area contributed by atoms with Crippen LogP contribution in [0.3, 0.4) is 0 Å². The summed E-state index contributed by atoms with van der Waals surface area (Å²) in [5, 5.41) is 8.87. The van der Waals surface area contributed by atoms with Crippen LogP contribution in [-0.4, -0.2) is 98.0 Å². The minimum Gasteiger partial charge on any atom is -0.493 e. The number of hydrogen-bond donors (Lipinski definition) is 0. The molecule has 38 heavy (non-hydrogen) atoms. The molecule has 1 atom stereocenters. The topological polar surface area (TPSA) is 97.3 Å². The second-order valence-electron chi connectivity index (χ2n) is 10.2. The molecule has 0 unspecified atom stereocenters. The zero-order valence-electron chi connectivity index (χ0n) is 22.3. The van der Waals surface area contributed by atoms with Gasteiger partial charge in [-0.2, -0.15) is 0 Å². The van der Waals surface area contributed by atoms with E-state index in [1.165, 1.54) is 0 Å². The molecule has 2 aliphatic heterocycles. The van der Waals surface area contributed by atoms with Crippen molar-refractivity contribution in [3.8, 4) is 22.8 Å². The smallest absolute Gasteiger partial charge is 0.242 e. The first-order chi connectivity index (χ1) is 18.6. The second kappa shape index (κ2) is 12.0. The molecule has 10 heteroatoms. The number of carbonyl (C=O) groups excluding carboxylic acids is 2. The highest BCUT2D eigenvalue weighted by molar-refractivity contribution is 5.86. The van der Waals surface area contributed by atoms with Crippen LogP contribution in [0.25, 0.3) is 11.3 Å². The number of aromatic nitrogens is 2. The predicted molar refractivity (Wildman–Crippen MR) is 142 cm³/mol. The zero-order chi connectivity index (χ0) is 26.5. The van der Waals surface area contributed by atoms with E-state index in [0.29, 0.717) is 44.2 Å². The van der Waals surface area contributed by atoms with Gasteiger partial charge < -0.3 is 28.9 Å². The third-order valence-corrected chi connectivity index (χ3v) is 7.83. The molecule has 0 bridgehead atoms. The van der Waals surface area contributed by atoms with E-state index in [2.05, 4.69) is 15.1 Å². The third-order valence-electron chi connectivity index (χ3n) is 7.83. The molecule has 2 aromatic rings. The fourth-order valence-electron chi connectivity index (χ4n) is 5.27. The number of methoxy groups -OCH3 is 2. The first-order valence-electron chi connectivity index (χ1n) is 13.5. The first-order valence-corrected chi connectivity index (χ1v) is 13.5.